The summed E-state index contributed by atoms with van der Waals surface area (Å²) in [6.07, 6.45) is -0.217. The molecular weight excluding hydrogens is 272 g/mol. The van der Waals surface area contributed by atoms with Gasteiger partial charge >= 0.3 is 0 Å². The van der Waals surface area contributed by atoms with Gasteiger partial charge < -0.3 is 15.4 Å². The number of ether oxygens (including phenoxy) is 1. The zero-order valence-electron chi connectivity index (χ0n) is 10.1. The molecule has 1 aromatic rings. The van der Waals surface area contributed by atoms with Crippen molar-refractivity contribution in [2.24, 2.45) is 0 Å². The van der Waals surface area contributed by atoms with E-state index in [1.54, 1.807) is 0 Å². The Balaban J connectivity index is 2.21. The molecule has 0 fully saturated rings. The number of halogens is 1. The Morgan fingerprint density at radius 1 is 1.47 bits per heavy atom. The summed E-state index contributed by atoms with van der Waals surface area (Å²) >= 11 is 5.98. The average Bonchev–Trinajstić information content (AvgIpc) is 2.29. The van der Waals surface area contributed by atoms with Crippen LogP contribution in [0.15, 0.2) is 12.1 Å². The highest BCUT2D eigenvalue weighted by Gasteiger charge is 2.19. The van der Waals surface area contributed by atoms with E-state index in [2.05, 4.69) is 10.6 Å². The lowest BCUT2D eigenvalue weighted by atomic mass is 10.2. The van der Waals surface area contributed by atoms with Crippen molar-refractivity contribution in [2.75, 3.05) is 17.2 Å². The van der Waals surface area contributed by atoms with Crippen molar-refractivity contribution in [3.63, 3.8) is 0 Å². The minimum atomic E-state index is -0.450. The molecule has 0 bridgehead atoms. The number of hydrogen-bond donors (Lipinski definition) is 2. The smallest absolute Gasteiger partial charge is 0.262 e. The molecule has 1 aliphatic heterocycles. The number of Topliss-reactive ketones (excluding diaryl/α,β-unsaturated/α-hetero) is 1. The van der Waals surface area contributed by atoms with Crippen LogP contribution >= 0.6 is 11.6 Å². The van der Waals surface area contributed by atoms with Gasteiger partial charge in [0.15, 0.2) is 6.61 Å². The molecule has 1 heterocycles. The van der Waals surface area contributed by atoms with Crippen LogP contribution in [0.4, 0.5) is 11.4 Å². The van der Waals surface area contributed by atoms with Gasteiger partial charge in [-0.3, -0.25) is 14.4 Å². The molecule has 0 spiro atoms. The number of ketones is 1. The van der Waals surface area contributed by atoms with Crippen LogP contribution in [0.3, 0.4) is 0 Å². The zero-order chi connectivity index (χ0) is 14.0. The van der Waals surface area contributed by atoms with Crippen LogP contribution in [-0.4, -0.2) is 24.2 Å². The van der Waals surface area contributed by atoms with Crippen LogP contribution in [0.5, 0.6) is 5.75 Å². The van der Waals surface area contributed by atoms with E-state index in [4.69, 9.17) is 16.3 Å². The van der Waals surface area contributed by atoms with E-state index in [1.165, 1.54) is 19.1 Å². The van der Waals surface area contributed by atoms with Gasteiger partial charge in [0.1, 0.15) is 11.5 Å². The highest BCUT2D eigenvalue weighted by atomic mass is 35.5. The van der Waals surface area contributed by atoms with Gasteiger partial charge in [-0.05, 0) is 13.0 Å². The molecular formula is C12H11ClN2O4. The molecule has 0 radical (unpaired) electrons. The summed E-state index contributed by atoms with van der Waals surface area (Å²) in [6.45, 7) is 1.24. The third-order valence-corrected chi connectivity index (χ3v) is 2.70. The van der Waals surface area contributed by atoms with Gasteiger partial charge in [0, 0.05) is 6.07 Å². The van der Waals surface area contributed by atoms with E-state index < -0.39 is 5.91 Å². The van der Waals surface area contributed by atoms with E-state index in [1.807, 2.05) is 0 Å². The molecule has 0 atom stereocenters. The van der Waals surface area contributed by atoms with Gasteiger partial charge in [0.05, 0.1) is 22.8 Å². The number of nitrogens with one attached hydrogen (secondary N) is 2. The standard InChI is InChI=1S/C12H11ClN2O4/c1-6(16)2-11(17)14-8-4-10-9(3-7(8)13)15-12(18)5-19-10/h3-4H,2,5H2,1H3,(H,14,17)(H,15,18). The molecule has 1 aromatic carbocycles. The van der Waals surface area contributed by atoms with E-state index >= 15 is 0 Å². The Labute approximate surface area is 114 Å². The number of rotatable bonds is 3. The monoisotopic (exact) mass is 282 g/mol. The first kappa shape index (κ1) is 13.4. The third kappa shape index (κ3) is 3.23. The summed E-state index contributed by atoms with van der Waals surface area (Å²) in [5.41, 5.74) is 0.786. The van der Waals surface area contributed by atoms with Crippen LogP contribution < -0.4 is 15.4 Å². The number of anilines is 2. The van der Waals surface area contributed by atoms with Crippen molar-refractivity contribution in [3.8, 4) is 5.75 Å². The molecule has 0 aromatic heterocycles. The van der Waals surface area contributed by atoms with Gasteiger partial charge in [-0.1, -0.05) is 11.6 Å². The molecule has 2 rings (SSSR count). The van der Waals surface area contributed by atoms with Gasteiger partial charge in [-0.25, -0.2) is 0 Å². The summed E-state index contributed by atoms with van der Waals surface area (Å²) < 4.78 is 5.21. The van der Waals surface area contributed by atoms with Crippen LogP contribution in [-0.2, 0) is 14.4 Å². The normalized spacial score (nSPS) is 13.1. The van der Waals surface area contributed by atoms with Gasteiger partial charge in [0.25, 0.3) is 5.91 Å². The third-order valence-electron chi connectivity index (χ3n) is 2.39. The maximum atomic E-state index is 11.5. The predicted molar refractivity (Wildman–Crippen MR) is 69.5 cm³/mol. The molecule has 1 aliphatic rings. The first-order chi connectivity index (χ1) is 8.95. The second-order valence-electron chi connectivity index (χ2n) is 4.09. The zero-order valence-corrected chi connectivity index (χ0v) is 10.8. The minimum Gasteiger partial charge on any atom is -0.482 e. The first-order valence-electron chi connectivity index (χ1n) is 5.51. The molecule has 7 heteroatoms. The Hall–Kier alpha value is -2.08. The lowest BCUT2D eigenvalue weighted by Crippen LogP contribution is -2.25. The van der Waals surface area contributed by atoms with Gasteiger partial charge in [0.2, 0.25) is 5.91 Å². The number of benzene rings is 1. The van der Waals surface area contributed by atoms with Gasteiger partial charge in [-0.15, -0.1) is 0 Å². The number of fused-ring (bicyclic) bond motifs is 1. The molecule has 0 saturated heterocycles. The summed E-state index contributed by atoms with van der Waals surface area (Å²) in [5.74, 6) is -0.539. The van der Waals surface area contributed by atoms with Crippen molar-refractivity contribution in [1.29, 1.82) is 0 Å². The van der Waals surface area contributed by atoms with E-state index in [9.17, 15) is 14.4 Å². The number of carbonyl (C=O) groups is 3. The topological polar surface area (TPSA) is 84.5 Å². The maximum Gasteiger partial charge on any atom is 0.262 e. The average molecular weight is 283 g/mol. The quantitative estimate of drug-likeness (QED) is 0.825. The molecule has 19 heavy (non-hydrogen) atoms. The fraction of sp³-hybridized carbons (Fsp3) is 0.250. The molecule has 6 nitrogen and oxygen atoms in total. The van der Waals surface area contributed by atoms with E-state index in [-0.39, 0.29) is 29.7 Å². The molecule has 0 unspecified atom stereocenters. The van der Waals surface area contributed by atoms with Crippen molar-refractivity contribution >= 4 is 40.6 Å². The highest BCUT2D eigenvalue weighted by Crippen LogP contribution is 2.36. The summed E-state index contributed by atoms with van der Waals surface area (Å²) in [7, 11) is 0. The van der Waals surface area contributed by atoms with Crippen molar-refractivity contribution in [1.82, 2.24) is 0 Å². The molecule has 2 N–H and O–H groups in total. The number of carbonyl (C=O) groups excluding carboxylic acids is 3. The Morgan fingerprint density at radius 3 is 2.89 bits per heavy atom. The lowest BCUT2D eigenvalue weighted by molar-refractivity contribution is -0.124. The van der Waals surface area contributed by atoms with Crippen LogP contribution in [0, 0.1) is 0 Å². The molecule has 0 aliphatic carbocycles. The lowest BCUT2D eigenvalue weighted by Gasteiger charge is -2.19. The molecule has 100 valence electrons. The van der Waals surface area contributed by atoms with Crippen molar-refractivity contribution in [3.05, 3.63) is 17.2 Å². The fourth-order valence-corrected chi connectivity index (χ4v) is 1.83. The number of amides is 2. The Kier molecular flexibility index (Phi) is 3.71. The van der Waals surface area contributed by atoms with E-state index in [0.29, 0.717) is 17.1 Å². The highest BCUT2D eigenvalue weighted by molar-refractivity contribution is 6.34. The Bertz CT molecular complexity index is 571. The Morgan fingerprint density at radius 2 is 2.21 bits per heavy atom. The largest absolute Gasteiger partial charge is 0.482 e. The first-order valence-corrected chi connectivity index (χ1v) is 5.89. The second-order valence-corrected chi connectivity index (χ2v) is 4.50. The maximum absolute atomic E-state index is 11.5. The SMILES string of the molecule is CC(=O)CC(=O)Nc1cc2c(cc1Cl)NC(=O)CO2. The second kappa shape index (κ2) is 5.27. The van der Waals surface area contributed by atoms with Crippen LogP contribution in [0.1, 0.15) is 13.3 Å². The predicted octanol–water partition coefficient (Wildman–Crippen LogP) is 1.59. The summed E-state index contributed by atoms with van der Waals surface area (Å²) in [6, 6.07) is 2.99. The molecule has 0 saturated carbocycles. The van der Waals surface area contributed by atoms with Crippen LogP contribution in [0.25, 0.3) is 0 Å². The molecule has 2 amide bonds. The van der Waals surface area contributed by atoms with E-state index in [0.717, 1.165) is 0 Å². The summed E-state index contributed by atoms with van der Waals surface area (Å²) in [4.78, 5) is 33.5. The summed E-state index contributed by atoms with van der Waals surface area (Å²) in [5, 5.41) is 5.37. The van der Waals surface area contributed by atoms with Crippen molar-refractivity contribution in [2.45, 2.75) is 13.3 Å². The van der Waals surface area contributed by atoms with Crippen LogP contribution in [0.2, 0.25) is 5.02 Å². The minimum absolute atomic E-state index is 0.0878. The number of hydrogen-bond acceptors (Lipinski definition) is 4. The fourth-order valence-electron chi connectivity index (χ4n) is 1.62. The van der Waals surface area contributed by atoms with Gasteiger partial charge in [-0.2, -0.15) is 0 Å². The van der Waals surface area contributed by atoms with Crippen molar-refractivity contribution < 1.29 is 19.1 Å².